The maximum absolute atomic E-state index is 14.6. The minimum absolute atomic E-state index is 0.0326. The molecule has 0 atom stereocenters. The van der Waals surface area contributed by atoms with E-state index in [9.17, 15) is 13.2 Å². The van der Waals surface area contributed by atoms with Gasteiger partial charge in [0, 0.05) is 10.0 Å². The van der Waals surface area contributed by atoms with Gasteiger partial charge in [-0.2, -0.15) is 13.2 Å². The van der Waals surface area contributed by atoms with Crippen LogP contribution in [0.2, 0.25) is 10.0 Å². The summed E-state index contributed by atoms with van der Waals surface area (Å²) in [6, 6.07) is 21.4. The first-order valence-electron chi connectivity index (χ1n) is 8.25. The van der Waals surface area contributed by atoms with E-state index in [1.165, 1.54) is 18.2 Å². The van der Waals surface area contributed by atoms with Crippen LogP contribution in [0, 0.1) is 0 Å². The fourth-order valence-corrected chi connectivity index (χ4v) is 4.24. The van der Waals surface area contributed by atoms with Crippen LogP contribution in [0.15, 0.2) is 78.9 Å². The van der Waals surface area contributed by atoms with Gasteiger partial charge in [0.05, 0.1) is 0 Å². The largest absolute Gasteiger partial charge is 0.406 e. The van der Waals surface area contributed by atoms with Gasteiger partial charge >= 0.3 is 6.18 Å². The summed E-state index contributed by atoms with van der Waals surface area (Å²) < 4.78 is 43.8. The normalized spacial score (nSPS) is 15.7. The number of rotatable bonds is 3. The Hall–Kier alpha value is -2.23. The molecule has 0 nitrogen and oxygen atoms in total. The summed E-state index contributed by atoms with van der Waals surface area (Å²) >= 11 is 12.1. The lowest BCUT2D eigenvalue weighted by Crippen LogP contribution is -2.33. The molecule has 5 heteroatoms. The molecule has 0 bridgehead atoms. The molecule has 0 N–H and O–H groups in total. The summed E-state index contributed by atoms with van der Waals surface area (Å²) in [4.78, 5) is 0. The van der Waals surface area contributed by atoms with Gasteiger partial charge < -0.3 is 0 Å². The molecule has 136 valence electrons. The van der Waals surface area contributed by atoms with Gasteiger partial charge in [-0.1, -0.05) is 83.9 Å². The van der Waals surface area contributed by atoms with Crippen LogP contribution in [0.4, 0.5) is 13.2 Å². The highest BCUT2D eigenvalue weighted by Crippen LogP contribution is 2.71. The van der Waals surface area contributed by atoms with E-state index in [2.05, 4.69) is 0 Å². The third-order valence-electron chi connectivity index (χ3n) is 4.78. The van der Waals surface area contributed by atoms with Crippen molar-refractivity contribution in [1.29, 1.82) is 0 Å². The molecule has 4 rings (SSSR count). The van der Waals surface area contributed by atoms with Crippen molar-refractivity contribution in [3.8, 4) is 0 Å². The molecular weight excluding hydrogens is 392 g/mol. The summed E-state index contributed by atoms with van der Waals surface area (Å²) in [7, 11) is 0. The van der Waals surface area contributed by atoms with Gasteiger partial charge in [-0.15, -0.1) is 0 Å². The second kappa shape index (κ2) is 6.43. The number of hydrogen-bond acceptors (Lipinski definition) is 0. The average Bonchev–Trinajstić information content (AvgIpc) is 3.34. The molecular formula is C22H13Cl2F3. The second-order valence-corrected chi connectivity index (χ2v) is 7.26. The number of halogens is 5. The van der Waals surface area contributed by atoms with Crippen molar-refractivity contribution >= 4 is 34.3 Å². The Labute approximate surface area is 164 Å². The van der Waals surface area contributed by atoms with E-state index >= 15 is 0 Å². The molecule has 27 heavy (non-hydrogen) atoms. The van der Waals surface area contributed by atoms with E-state index in [0.717, 1.165) is 0 Å². The Kier molecular flexibility index (Phi) is 4.32. The number of hydrogen-bond donors (Lipinski definition) is 0. The van der Waals surface area contributed by atoms with Gasteiger partial charge in [0.15, 0.2) is 0 Å². The molecule has 0 heterocycles. The predicted octanol–water partition coefficient (Wildman–Crippen LogP) is 7.42. The summed E-state index contributed by atoms with van der Waals surface area (Å²) in [6.45, 7) is 0. The maximum Gasteiger partial charge on any atom is 0.406 e. The molecule has 0 saturated heterocycles. The fourth-order valence-electron chi connectivity index (χ4n) is 3.72. The van der Waals surface area contributed by atoms with E-state index in [4.69, 9.17) is 23.2 Å². The summed E-state index contributed by atoms with van der Waals surface area (Å²) in [6.07, 6.45) is -4.54. The van der Waals surface area contributed by atoms with Crippen LogP contribution in [0.5, 0.6) is 0 Å². The van der Waals surface area contributed by atoms with Crippen LogP contribution in [-0.2, 0) is 5.41 Å². The quantitative estimate of drug-likeness (QED) is 0.425. The monoisotopic (exact) mass is 404 g/mol. The van der Waals surface area contributed by atoms with Crippen molar-refractivity contribution in [2.75, 3.05) is 0 Å². The van der Waals surface area contributed by atoms with Crippen LogP contribution in [-0.4, -0.2) is 6.18 Å². The van der Waals surface area contributed by atoms with Crippen LogP contribution in [0.1, 0.15) is 16.7 Å². The molecule has 1 aliphatic rings. The molecule has 0 unspecified atom stereocenters. The third kappa shape index (κ3) is 2.86. The molecule has 3 aromatic carbocycles. The second-order valence-electron chi connectivity index (χ2n) is 6.39. The van der Waals surface area contributed by atoms with Crippen LogP contribution in [0.25, 0.3) is 11.1 Å². The minimum atomic E-state index is -4.54. The predicted molar refractivity (Wildman–Crippen MR) is 104 cm³/mol. The van der Waals surface area contributed by atoms with E-state index < -0.39 is 11.6 Å². The average molecular weight is 405 g/mol. The van der Waals surface area contributed by atoms with E-state index in [1.54, 1.807) is 60.7 Å². The molecule has 0 amide bonds. The van der Waals surface area contributed by atoms with Gasteiger partial charge in [0.25, 0.3) is 0 Å². The van der Waals surface area contributed by atoms with Gasteiger partial charge in [-0.05, 0) is 46.0 Å². The van der Waals surface area contributed by atoms with Crippen molar-refractivity contribution in [3.63, 3.8) is 0 Å². The zero-order valence-corrected chi connectivity index (χ0v) is 15.4. The van der Waals surface area contributed by atoms with Crippen LogP contribution >= 0.6 is 23.2 Å². The first-order valence-corrected chi connectivity index (χ1v) is 9.00. The first kappa shape index (κ1) is 18.1. The highest BCUT2D eigenvalue weighted by Gasteiger charge is 2.71. The van der Waals surface area contributed by atoms with E-state index in [0.29, 0.717) is 11.1 Å². The molecule has 3 aromatic rings. The van der Waals surface area contributed by atoms with Crippen molar-refractivity contribution in [2.45, 2.75) is 11.6 Å². The Bertz CT molecular complexity index is 953. The molecule has 0 spiro atoms. The molecule has 0 saturated carbocycles. The lowest BCUT2D eigenvalue weighted by molar-refractivity contribution is -0.149. The SMILES string of the molecule is FC(F)(F)C1(c2cc(Cl)cc(Cl)c2)C(c2ccccc2)=C1c1ccccc1. The topological polar surface area (TPSA) is 0 Å². The first-order chi connectivity index (χ1) is 12.9. The summed E-state index contributed by atoms with van der Waals surface area (Å²) in [5.41, 5.74) is -0.662. The lowest BCUT2D eigenvalue weighted by Gasteiger charge is -2.25. The maximum atomic E-state index is 14.6. The van der Waals surface area contributed by atoms with E-state index in [-0.39, 0.29) is 26.8 Å². The minimum Gasteiger partial charge on any atom is -0.169 e. The highest BCUT2D eigenvalue weighted by atomic mass is 35.5. The fraction of sp³-hybridized carbons (Fsp3) is 0.0909. The number of alkyl halides is 3. The lowest BCUT2D eigenvalue weighted by atomic mass is 9.84. The van der Waals surface area contributed by atoms with Crippen molar-refractivity contribution in [1.82, 2.24) is 0 Å². The zero-order valence-electron chi connectivity index (χ0n) is 13.9. The molecule has 0 radical (unpaired) electrons. The van der Waals surface area contributed by atoms with Gasteiger partial charge in [0.2, 0.25) is 0 Å². The Morgan fingerprint density at radius 1 is 0.630 bits per heavy atom. The van der Waals surface area contributed by atoms with Crippen LogP contribution in [0.3, 0.4) is 0 Å². The summed E-state index contributed by atoms with van der Waals surface area (Å²) in [5.74, 6) is 0. The highest BCUT2D eigenvalue weighted by molar-refractivity contribution is 6.35. The Balaban J connectivity index is 2.02. The third-order valence-corrected chi connectivity index (χ3v) is 5.22. The molecule has 1 aliphatic carbocycles. The Morgan fingerprint density at radius 3 is 1.41 bits per heavy atom. The van der Waals surface area contributed by atoms with Gasteiger partial charge in [-0.3, -0.25) is 0 Å². The van der Waals surface area contributed by atoms with Crippen molar-refractivity contribution in [3.05, 3.63) is 106 Å². The number of benzene rings is 3. The smallest absolute Gasteiger partial charge is 0.169 e. The Morgan fingerprint density at radius 2 is 1.04 bits per heavy atom. The van der Waals surface area contributed by atoms with E-state index in [1.807, 2.05) is 0 Å². The standard InChI is InChI=1S/C22H13Cl2F3/c23-17-11-16(12-18(24)13-17)21(22(25,26)27)19(14-7-3-1-4-8-14)20(21)15-9-5-2-6-10-15/h1-13H. The van der Waals surface area contributed by atoms with Crippen LogP contribution < -0.4 is 0 Å². The molecule has 0 fully saturated rings. The zero-order chi connectivity index (χ0) is 19.2. The molecule has 0 aliphatic heterocycles. The number of allylic oxidation sites excluding steroid dienone is 2. The van der Waals surface area contributed by atoms with Gasteiger partial charge in [0.1, 0.15) is 5.41 Å². The van der Waals surface area contributed by atoms with Crippen molar-refractivity contribution in [2.24, 2.45) is 0 Å². The summed E-state index contributed by atoms with van der Waals surface area (Å²) in [5, 5.41) is 0.348. The van der Waals surface area contributed by atoms with Gasteiger partial charge in [-0.25, -0.2) is 0 Å². The van der Waals surface area contributed by atoms with Crippen molar-refractivity contribution < 1.29 is 13.2 Å². The molecule has 0 aromatic heterocycles.